The van der Waals surface area contributed by atoms with Crippen LogP contribution >= 0.6 is 11.6 Å². The number of nitrogens with zero attached hydrogens (tertiary/aromatic N) is 4. The van der Waals surface area contributed by atoms with Gasteiger partial charge in [0.25, 0.3) is 5.91 Å². The Bertz CT molecular complexity index is 1010. The highest BCUT2D eigenvalue weighted by Gasteiger charge is 2.29. The summed E-state index contributed by atoms with van der Waals surface area (Å²) in [6, 6.07) is 5.97. The van der Waals surface area contributed by atoms with E-state index in [9.17, 15) is 13.2 Å². The van der Waals surface area contributed by atoms with Crippen molar-refractivity contribution in [1.29, 1.82) is 0 Å². The third-order valence-corrected chi connectivity index (χ3v) is 7.70. The van der Waals surface area contributed by atoms with Crippen LogP contribution in [0.4, 0.5) is 5.95 Å². The van der Waals surface area contributed by atoms with Gasteiger partial charge in [0, 0.05) is 44.6 Å². The molecule has 0 spiro atoms. The van der Waals surface area contributed by atoms with Crippen LogP contribution in [0, 0.1) is 0 Å². The minimum absolute atomic E-state index is 0.0990. The van der Waals surface area contributed by atoms with Crippen LogP contribution in [0.5, 0.6) is 0 Å². The Labute approximate surface area is 181 Å². The number of carbonyl (C=O) groups is 1. The smallest absolute Gasteiger partial charge is 0.253 e. The highest BCUT2D eigenvalue weighted by Crippen LogP contribution is 2.26. The number of hydrogen-bond donors (Lipinski definition) is 1. The molecule has 0 radical (unpaired) electrons. The topological polar surface area (TPSA) is 95.5 Å². The lowest BCUT2D eigenvalue weighted by molar-refractivity contribution is 0.0933. The Balaban J connectivity index is 1.49. The van der Waals surface area contributed by atoms with Crippen molar-refractivity contribution < 1.29 is 13.2 Å². The van der Waals surface area contributed by atoms with Crippen molar-refractivity contribution in [2.75, 3.05) is 31.1 Å². The van der Waals surface area contributed by atoms with Gasteiger partial charge in [-0.25, -0.2) is 18.4 Å². The average Bonchev–Trinajstić information content (AvgIpc) is 3.30. The molecule has 2 fully saturated rings. The molecule has 160 valence electrons. The molecule has 2 aromatic rings. The lowest BCUT2D eigenvalue weighted by Gasteiger charge is -2.33. The molecule has 2 aliphatic heterocycles. The molecule has 2 saturated heterocycles. The minimum Gasteiger partial charge on any atom is -0.347 e. The van der Waals surface area contributed by atoms with Crippen molar-refractivity contribution in [1.82, 2.24) is 19.6 Å². The van der Waals surface area contributed by atoms with Crippen molar-refractivity contribution in [3.05, 3.63) is 47.2 Å². The second-order valence-corrected chi connectivity index (χ2v) is 9.91. The summed E-state index contributed by atoms with van der Waals surface area (Å²) >= 11 is 6.24. The van der Waals surface area contributed by atoms with E-state index in [1.807, 2.05) is 4.90 Å². The first kappa shape index (κ1) is 21.0. The number of aromatic nitrogens is 2. The molecule has 8 nitrogen and oxygen atoms in total. The zero-order valence-corrected chi connectivity index (χ0v) is 18.1. The second-order valence-electron chi connectivity index (χ2n) is 7.56. The molecule has 1 N–H and O–H groups in total. The van der Waals surface area contributed by atoms with Gasteiger partial charge in [-0.15, -0.1) is 0 Å². The molecule has 1 aromatic carbocycles. The number of hydrogen-bond acceptors (Lipinski definition) is 6. The van der Waals surface area contributed by atoms with Gasteiger partial charge >= 0.3 is 0 Å². The predicted octanol–water partition coefficient (Wildman–Crippen LogP) is 2.31. The first-order chi connectivity index (χ1) is 14.4. The SMILES string of the molecule is O=C(NC1CCCN(c2ncccn2)C1)c1cc(S(=O)(=O)N2CCCC2)ccc1Cl. The number of benzene rings is 1. The fraction of sp³-hybridized carbons (Fsp3) is 0.450. The Kier molecular flexibility index (Phi) is 6.21. The van der Waals surface area contributed by atoms with E-state index >= 15 is 0 Å². The number of halogens is 1. The molecular weight excluding hydrogens is 426 g/mol. The summed E-state index contributed by atoms with van der Waals surface area (Å²) in [5.41, 5.74) is 0.171. The Morgan fingerprint density at radius 1 is 1.10 bits per heavy atom. The van der Waals surface area contributed by atoms with E-state index in [1.54, 1.807) is 18.5 Å². The summed E-state index contributed by atoms with van der Waals surface area (Å²) in [6.45, 7) is 2.41. The van der Waals surface area contributed by atoms with Crippen LogP contribution in [-0.2, 0) is 10.0 Å². The molecule has 1 atom stereocenters. The summed E-state index contributed by atoms with van der Waals surface area (Å²) in [5, 5.41) is 3.22. The van der Waals surface area contributed by atoms with Crippen LogP contribution in [0.15, 0.2) is 41.6 Å². The van der Waals surface area contributed by atoms with Gasteiger partial charge in [0.1, 0.15) is 0 Å². The second kappa shape index (κ2) is 8.87. The van der Waals surface area contributed by atoms with Gasteiger partial charge in [0.15, 0.2) is 0 Å². The summed E-state index contributed by atoms with van der Waals surface area (Å²) in [4.78, 5) is 23.6. The third kappa shape index (κ3) is 4.43. The number of rotatable bonds is 5. The fourth-order valence-electron chi connectivity index (χ4n) is 3.91. The lowest BCUT2D eigenvalue weighted by atomic mass is 10.1. The maximum atomic E-state index is 12.9. The number of carbonyl (C=O) groups excluding carboxylic acids is 1. The van der Waals surface area contributed by atoms with Gasteiger partial charge in [0.05, 0.1) is 15.5 Å². The fourth-order valence-corrected chi connectivity index (χ4v) is 5.66. The van der Waals surface area contributed by atoms with E-state index in [4.69, 9.17) is 11.6 Å². The van der Waals surface area contributed by atoms with Gasteiger partial charge in [-0.3, -0.25) is 4.79 Å². The van der Waals surface area contributed by atoms with Gasteiger partial charge in [0.2, 0.25) is 16.0 Å². The summed E-state index contributed by atoms with van der Waals surface area (Å²) < 4.78 is 27.1. The van der Waals surface area contributed by atoms with Gasteiger partial charge in [-0.1, -0.05) is 11.6 Å². The highest BCUT2D eigenvalue weighted by atomic mass is 35.5. The summed E-state index contributed by atoms with van der Waals surface area (Å²) in [5.74, 6) is 0.257. The number of piperidine rings is 1. The largest absolute Gasteiger partial charge is 0.347 e. The van der Waals surface area contributed by atoms with Crippen molar-refractivity contribution in [2.45, 2.75) is 36.6 Å². The molecule has 10 heteroatoms. The van der Waals surface area contributed by atoms with Crippen LogP contribution in [-0.4, -0.2) is 60.8 Å². The minimum atomic E-state index is -3.62. The van der Waals surface area contributed by atoms with Crippen LogP contribution in [0.1, 0.15) is 36.0 Å². The molecule has 2 aliphatic rings. The monoisotopic (exact) mass is 449 g/mol. The molecule has 4 rings (SSSR count). The van der Waals surface area contributed by atoms with E-state index in [2.05, 4.69) is 15.3 Å². The first-order valence-corrected chi connectivity index (χ1v) is 11.9. The van der Waals surface area contributed by atoms with E-state index in [0.29, 0.717) is 25.6 Å². The quantitative estimate of drug-likeness (QED) is 0.752. The van der Waals surface area contributed by atoms with Crippen molar-refractivity contribution in [3.8, 4) is 0 Å². The molecular formula is C20H24ClN5O3S. The first-order valence-electron chi connectivity index (χ1n) is 10.1. The van der Waals surface area contributed by atoms with Crippen LogP contribution in [0.2, 0.25) is 5.02 Å². The number of anilines is 1. The average molecular weight is 450 g/mol. The molecule has 1 aromatic heterocycles. The van der Waals surface area contributed by atoms with E-state index in [1.165, 1.54) is 22.5 Å². The predicted molar refractivity (Wildman–Crippen MR) is 114 cm³/mol. The zero-order chi connectivity index (χ0) is 21.1. The molecule has 1 unspecified atom stereocenters. The maximum absolute atomic E-state index is 12.9. The molecule has 1 amide bonds. The van der Waals surface area contributed by atoms with Crippen LogP contribution < -0.4 is 10.2 Å². The molecule has 3 heterocycles. The molecule has 0 aliphatic carbocycles. The third-order valence-electron chi connectivity index (χ3n) is 5.48. The molecule has 0 saturated carbocycles. The number of nitrogens with one attached hydrogen (secondary N) is 1. The molecule has 0 bridgehead atoms. The van der Waals surface area contributed by atoms with Crippen molar-refractivity contribution >= 4 is 33.5 Å². The zero-order valence-electron chi connectivity index (χ0n) is 16.5. The van der Waals surface area contributed by atoms with E-state index in [0.717, 1.165) is 32.2 Å². The summed E-state index contributed by atoms with van der Waals surface area (Å²) in [6.07, 6.45) is 6.79. The van der Waals surface area contributed by atoms with Crippen LogP contribution in [0.25, 0.3) is 0 Å². The normalized spacial score (nSPS) is 20.3. The molecule has 30 heavy (non-hydrogen) atoms. The van der Waals surface area contributed by atoms with Gasteiger partial charge < -0.3 is 10.2 Å². The van der Waals surface area contributed by atoms with Crippen LogP contribution in [0.3, 0.4) is 0 Å². The van der Waals surface area contributed by atoms with Crippen molar-refractivity contribution in [3.63, 3.8) is 0 Å². The van der Waals surface area contributed by atoms with E-state index in [-0.39, 0.29) is 27.4 Å². The summed E-state index contributed by atoms with van der Waals surface area (Å²) in [7, 11) is -3.62. The standard InChI is InChI=1S/C20H24ClN5O3S/c21-18-7-6-16(30(28,29)26-11-1-2-12-26)13-17(18)19(27)24-15-5-3-10-25(14-15)20-22-8-4-9-23-20/h4,6-9,13,15H,1-3,5,10-12,14H2,(H,24,27). The van der Waals surface area contributed by atoms with Gasteiger partial charge in [-0.2, -0.15) is 4.31 Å². The number of amides is 1. The maximum Gasteiger partial charge on any atom is 0.253 e. The van der Waals surface area contributed by atoms with Crippen molar-refractivity contribution in [2.24, 2.45) is 0 Å². The Morgan fingerprint density at radius 2 is 1.83 bits per heavy atom. The Hall–Kier alpha value is -2.23. The van der Waals surface area contributed by atoms with E-state index < -0.39 is 10.0 Å². The number of sulfonamides is 1. The van der Waals surface area contributed by atoms with Gasteiger partial charge in [-0.05, 0) is 49.9 Å². The highest BCUT2D eigenvalue weighted by molar-refractivity contribution is 7.89. The Morgan fingerprint density at radius 3 is 2.57 bits per heavy atom. The lowest BCUT2D eigenvalue weighted by Crippen LogP contribution is -2.48.